The summed E-state index contributed by atoms with van der Waals surface area (Å²) in [6.45, 7) is 2.04. The molecule has 78 valence electrons. The Morgan fingerprint density at radius 1 is 1.47 bits per heavy atom. The number of fused-ring (bicyclic) bond motifs is 1. The van der Waals surface area contributed by atoms with Gasteiger partial charge in [0.1, 0.15) is 0 Å². The number of nitrogens with two attached hydrogens (primary N) is 1. The molecular formula is C11H12BrN3. The molecule has 1 saturated carbocycles. The Labute approximate surface area is 96.4 Å². The smallest absolute Gasteiger partial charge is 0.0908 e. The predicted octanol–water partition coefficient (Wildman–Crippen LogP) is 2.86. The van der Waals surface area contributed by atoms with Gasteiger partial charge in [0.2, 0.25) is 0 Å². The lowest BCUT2D eigenvalue weighted by molar-refractivity contribution is 0.862. The lowest BCUT2D eigenvalue weighted by Crippen LogP contribution is -1.93. The molecule has 15 heavy (non-hydrogen) atoms. The van der Waals surface area contributed by atoms with Gasteiger partial charge in [0.05, 0.1) is 16.9 Å². The van der Waals surface area contributed by atoms with E-state index in [1.807, 2.05) is 17.5 Å². The number of nitrogens with zero attached hydrogens (tertiary/aromatic N) is 2. The van der Waals surface area contributed by atoms with Crippen LogP contribution >= 0.6 is 15.9 Å². The van der Waals surface area contributed by atoms with Crippen LogP contribution in [0.3, 0.4) is 0 Å². The summed E-state index contributed by atoms with van der Waals surface area (Å²) in [5.41, 5.74) is 10.2. The molecule has 2 aromatic heterocycles. The van der Waals surface area contributed by atoms with Crippen LogP contribution in [0, 0.1) is 6.92 Å². The summed E-state index contributed by atoms with van der Waals surface area (Å²) in [7, 11) is 0. The van der Waals surface area contributed by atoms with E-state index in [0.717, 1.165) is 27.1 Å². The third-order valence-corrected chi connectivity index (χ3v) is 3.37. The van der Waals surface area contributed by atoms with E-state index in [-0.39, 0.29) is 0 Å². The van der Waals surface area contributed by atoms with Gasteiger partial charge in [-0.05, 0) is 31.9 Å². The molecule has 3 rings (SSSR count). The summed E-state index contributed by atoms with van der Waals surface area (Å²) in [4.78, 5) is 0. The lowest BCUT2D eigenvalue weighted by Gasteiger charge is -1.99. The van der Waals surface area contributed by atoms with Crippen LogP contribution in [-0.2, 0) is 0 Å². The highest BCUT2D eigenvalue weighted by Crippen LogP contribution is 2.43. The van der Waals surface area contributed by atoms with E-state index in [0.29, 0.717) is 5.92 Å². The van der Waals surface area contributed by atoms with Crippen LogP contribution < -0.4 is 5.73 Å². The van der Waals surface area contributed by atoms with Crippen molar-refractivity contribution in [3.05, 3.63) is 28.0 Å². The minimum absolute atomic E-state index is 0.600. The first-order valence-corrected chi connectivity index (χ1v) is 5.90. The topological polar surface area (TPSA) is 43.3 Å². The van der Waals surface area contributed by atoms with E-state index < -0.39 is 0 Å². The van der Waals surface area contributed by atoms with Gasteiger partial charge in [-0.25, -0.2) is 4.52 Å². The van der Waals surface area contributed by atoms with Gasteiger partial charge < -0.3 is 5.73 Å². The molecular weight excluding hydrogens is 254 g/mol. The maximum atomic E-state index is 6.11. The second-order valence-electron chi connectivity index (χ2n) is 4.19. The summed E-state index contributed by atoms with van der Waals surface area (Å²) < 4.78 is 3.00. The fraction of sp³-hybridized carbons (Fsp3) is 0.364. The van der Waals surface area contributed by atoms with Crippen molar-refractivity contribution in [2.24, 2.45) is 0 Å². The van der Waals surface area contributed by atoms with Crippen molar-refractivity contribution in [1.29, 1.82) is 0 Å². The molecule has 4 heteroatoms. The monoisotopic (exact) mass is 265 g/mol. The Kier molecular flexibility index (Phi) is 1.83. The minimum atomic E-state index is 0.600. The molecule has 2 N–H and O–H groups in total. The summed E-state index contributed by atoms with van der Waals surface area (Å²) in [6.07, 6.45) is 2.46. The first-order chi connectivity index (χ1) is 7.16. The molecule has 0 amide bonds. The van der Waals surface area contributed by atoms with Gasteiger partial charge in [-0.1, -0.05) is 15.9 Å². The van der Waals surface area contributed by atoms with Gasteiger partial charge in [0.15, 0.2) is 0 Å². The number of anilines is 1. The maximum Gasteiger partial charge on any atom is 0.0908 e. The van der Waals surface area contributed by atoms with Gasteiger partial charge >= 0.3 is 0 Å². The highest BCUT2D eigenvalue weighted by atomic mass is 79.9. The molecule has 0 bridgehead atoms. The Hall–Kier alpha value is -1.03. The summed E-state index contributed by atoms with van der Waals surface area (Å²) in [6, 6.07) is 4.08. The number of nitrogen functional groups attached to an aromatic ring is 1. The van der Waals surface area contributed by atoms with Gasteiger partial charge in [-0.15, -0.1) is 0 Å². The normalized spacial score (nSPS) is 16.1. The van der Waals surface area contributed by atoms with Crippen LogP contribution in [0.25, 0.3) is 5.52 Å². The Balaban J connectivity index is 2.34. The van der Waals surface area contributed by atoms with Gasteiger partial charge in [-0.3, -0.25) is 0 Å². The van der Waals surface area contributed by atoms with Gasteiger partial charge in [-0.2, -0.15) is 5.10 Å². The van der Waals surface area contributed by atoms with Crippen LogP contribution in [0.15, 0.2) is 16.6 Å². The van der Waals surface area contributed by atoms with Crippen molar-refractivity contribution < 1.29 is 0 Å². The van der Waals surface area contributed by atoms with E-state index >= 15 is 0 Å². The van der Waals surface area contributed by atoms with E-state index in [9.17, 15) is 0 Å². The molecule has 1 fully saturated rings. The Morgan fingerprint density at radius 3 is 2.87 bits per heavy atom. The maximum absolute atomic E-state index is 6.11. The van der Waals surface area contributed by atoms with E-state index in [4.69, 9.17) is 5.73 Å². The van der Waals surface area contributed by atoms with Crippen molar-refractivity contribution in [3.8, 4) is 0 Å². The largest absolute Gasteiger partial charge is 0.395 e. The molecule has 0 saturated heterocycles. The summed E-state index contributed by atoms with van der Waals surface area (Å²) in [5.74, 6) is 0.600. The molecule has 0 spiro atoms. The Bertz CT molecular complexity index is 540. The van der Waals surface area contributed by atoms with Gasteiger partial charge in [0, 0.05) is 16.1 Å². The predicted molar refractivity (Wildman–Crippen MR) is 64.0 cm³/mol. The number of aryl methyl sites for hydroxylation is 1. The van der Waals surface area contributed by atoms with Crippen LogP contribution in [0.1, 0.15) is 30.1 Å². The SMILES string of the molecule is Cc1cc(Br)cc2c(N)c(C3CC3)nn12. The molecule has 0 unspecified atom stereocenters. The summed E-state index contributed by atoms with van der Waals surface area (Å²) in [5, 5.41) is 4.59. The zero-order valence-electron chi connectivity index (χ0n) is 8.50. The molecule has 2 aromatic rings. The number of hydrogen-bond donors (Lipinski definition) is 1. The van der Waals surface area contributed by atoms with Crippen molar-refractivity contribution >= 4 is 27.1 Å². The van der Waals surface area contributed by atoms with Crippen LogP contribution in [0.5, 0.6) is 0 Å². The molecule has 0 atom stereocenters. The second kappa shape index (κ2) is 2.98. The van der Waals surface area contributed by atoms with Crippen LogP contribution in [-0.4, -0.2) is 9.61 Å². The first kappa shape index (κ1) is 9.21. The van der Waals surface area contributed by atoms with E-state index in [2.05, 4.69) is 27.1 Å². The molecule has 1 aliphatic carbocycles. The average Bonchev–Trinajstić information content (AvgIpc) is 2.94. The summed E-state index contributed by atoms with van der Waals surface area (Å²) >= 11 is 3.48. The highest BCUT2D eigenvalue weighted by molar-refractivity contribution is 9.10. The van der Waals surface area contributed by atoms with E-state index in [1.165, 1.54) is 12.8 Å². The minimum Gasteiger partial charge on any atom is -0.395 e. The molecule has 0 aromatic carbocycles. The highest BCUT2D eigenvalue weighted by Gasteiger charge is 2.29. The van der Waals surface area contributed by atoms with E-state index in [1.54, 1.807) is 0 Å². The van der Waals surface area contributed by atoms with Gasteiger partial charge in [0.25, 0.3) is 0 Å². The lowest BCUT2D eigenvalue weighted by atomic mass is 10.2. The number of rotatable bonds is 1. The van der Waals surface area contributed by atoms with Crippen molar-refractivity contribution in [1.82, 2.24) is 9.61 Å². The second-order valence-corrected chi connectivity index (χ2v) is 5.10. The van der Waals surface area contributed by atoms with Crippen LogP contribution in [0.2, 0.25) is 0 Å². The fourth-order valence-electron chi connectivity index (χ4n) is 1.96. The van der Waals surface area contributed by atoms with Crippen molar-refractivity contribution in [2.75, 3.05) is 5.73 Å². The standard InChI is InChI=1S/C11H12BrN3/c1-6-4-8(12)5-9-10(13)11(7-2-3-7)14-15(6)9/h4-5,7H,2-3,13H2,1H3. The number of pyridine rings is 1. The average molecular weight is 266 g/mol. The third kappa shape index (κ3) is 1.35. The number of aromatic nitrogens is 2. The Morgan fingerprint density at radius 2 is 2.20 bits per heavy atom. The molecule has 0 radical (unpaired) electrons. The van der Waals surface area contributed by atoms with Crippen molar-refractivity contribution in [2.45, 2.75) is 25.7 Å². The number of hydrogen-bond acceptors (Lipinski definition) is 2. The van der Waals surface area contributed by atoms with Crippen molar-refractivity contribution in [3.63, 3.8) is 0 Å². The quantitative estimate of drug-likeness (QED) is 0.862. The molecule has 3 nitrogen and oxygen atoms in total. The molecule has 1 aliphatic rings. The molecule has 0 aliphatic heterocycles. The third-order valence-electron chi connectivity index (χ3n) is 2.91. The zero-order chi connectivity index (χ0) is 10.6. The zero-order valence-corrected chi connectivity index (χ0v) is 10.1. The first-order valence-electron chi connectivity index (χ1n) is 5.11. The fourth-order valence-corrected chi connectivity index (χ4v) is 2.51. The van der Waals surface area contributed by atoms with Crippen LogP contribution in [0.4, 0.5) is 5.69 Å². The molecule has 2 heterocycles. The number of halogens is 1.